The summed E-state index contributed by atoms with van der Waals surface area (Å²) in [7, 11) is 0. The first-order chi connectivity index (χ1) is 12.1. The molecule has 0 amide bonds. The third kappa shape index (κ3) is 3.54. The second-order valence-electron chi connectivity index (χ2n) is 7.20. The van der Waals surface area contributed by atoms with Crippen molar-refractivity contribution in [3.63, 3.8) is 0 Å². The normalized spacial score (nSPS) is 11.6. The lowest BCUT2D eigenvalue weighted by Gasteiger charge is -2.33. The lowest BCUT2D eigenvalue weighted by atomic mass is 9.71. The van der Waals surface area contributed by atoms with Crippen LogP contribution in [0.5, 0.6) is 0 Å². The fraction of sp³-hybridized carbons (Fsp3) is 0.280. The number of hydrogen-bond donors (Lipinski definition) is 0. The number of hydrogen-bond acceptors (Lipinski definition) is 0. The third-order valence-electron chi connectivity index (χ3n) is 5.70. The molecule has 0 nitrogen and oxygen atoms in total. The molecule has 0 heterocycles. The predicted molar refractivity (Wildman–Crippen MR) is 111 cm³/mol. The molecule has 0 N–H and O–H groups in total. The zero-order valence-electron chi connectivity index (χ0n) is 15.7. The van der Waals surface area contributed by atoms with E-state index in [1.54, 1.807) is 0 Å². The lowest BCUT2D eigenvalue weighted by Crippen LogP contribution is -2.24. The second kappa shape index (κ2) is 7.27. The van der Waals surface area contributed by atoms with Crippen LogP contribution in [-0.4, -0.2) is 0 Å². The SMILES string of the molecule is C=C(CC(CC)(CC)c1ccccc1)c1ccc2cc(C)ccc2c1. The molecule has 0 fully saturated rings. The summed E-state index contributed by atoms with van der Waals surface area (Å²) in [4.78, 5) is 0. The third-order valence-corrected chi connectivity index (χ3v) is 5.70. The van der Waals surface area contributed by atoms with E-state index < -0.39 is 0 Å². The molecule has 3 rings (SSSR count). The summed E-state index contributed by atoms with van der Waals surface area (Å²) in [5.41, 5.74) is 5.39. The minimum atomic E-state index is 0.167. The van der Waals surface area contributed by atoms with E-state index >= 15 is 0 Å². The second-order valence-corrected chi connectivity index (χ2v) is 7.20. The van der Waals surface area contributed by atoms with Crippen LogP contribution in [0.25, 0.3) is 16.3 Å². The molecular formula is C25H28. The Morgan fingerprint density at radius 3 is 2.16 bits per heavy atom. The summed E-state index contributed by atoms with van der Waals surface area (Å²) in [6, 6.07) is 24.3. The molecule has 0 saturated heterocycles. The molecular weight excluding hydrogens is 300 g/mol. The van der Waals surface area contributed by atoms with Gasteiger partial charge in [-0.15, -0.1) is 0 Å². The number of aryl methyl sites for hydroxylation is 1. The molecule has 0 aliphatic carbocycles. The molecule has 0 atom stereocenters. The zero-order valence-corrected chi connectivity index (χ0v) is 15.7. The highest BCUT2D eigenvalue weighted by Crippen LogP contribution is 2.40. The average molecular weight is 328 g/mol. The van der Waals surface area contributed by atoms with Gasteiger partial charge in [-0.2, -0.15) is 0 Å². The van der Waals surface area contributed by atoms with E-state index in [1.165, 1.54) is 33.0 Å². The maximum Gasteiger partial charge on any atom is -0.00119 e. The van der Waals surface area contributed by atoms with Crippen molar-refractivity contribution in [2.75, 3.05) is 0 Å². The Hall–Kier alpha value is -2.34. The Bertz CT molecular complexity index is 867. The van der Waals surface area contributed by atoms with Gasteiger partial charge in [0.05, 0.1) is 0 Å². The Kier molecular flexibility index (Phi) is 5.08. The lowest BCUT2D eigenvalue weighted by molar-refractivity contribution is 0.406. The van der Waals surface area contributed by atoms with Gasteiger partial charge < -0.3 is 0 Å². The van der Waals surface area contributed by atoms with Crippen molar-refractivity contribution in [3.05, 3.63) is 90.0 Å². The highest BCUT2D eigenvalue weighted by molar-refractivity contribution is 5.86. The Labute approximate surface area is 152 Å². The molecule has 0 heteroatoms. The molecule has 25 heavy (non-hydrogen) atoms. The van der Waals surface area contributed by atoms with Gasteiger partial charge in [-0.25, -0.2) is 0 Å². The molecule has 0 bridgehead atoms. The Morgan fingerprint density at radius 1 is 0.840 bits per heavy atom. The number of fused-ring (bicyclic) bond motifs is 1. The summed E-state index contributed by atoms with van der Waals surface area (Å²) in [5.74, 6) is 0. The fourth-order valence-electron chi connectivity index (χ4n) is 3.90. The highest BCUT2D eigenvalue weighted by Gasteiger charge is 2.29. The van der Waals surface area contributed by atoms with Crippen molar-refractivity contribution in [2.45, 2.75) is 45.4 Å². The molecule has 0 radical (unpaired) electrons. The maximum atomic E-state index is 4.46. The van der Waals surface area contributed by atoms with Crippen LogP contribution in [0.4, 0.5) is 0 Å². The van der Waals surface area contributed by atoms with Gasteiger partial charge in [0.25, 0.3) is 0 Å². The van der Waals surface area contributed by atoms with Crippen molar-refractivity contribution in [3.8, 4) is 0 Å². The van der Waals surface area contributed by atoms with Crippen molar-refractivity contribution in [1.29, 1.82) is 0 Å². The zero-order chi connectivity index (χ0) is 17.9. The summed E-state index contributed by atoms with van der Waals surface area (Å²) < 4.78 is 0. The highest BCUT2D eigenvalue weighted by atomic mass is 14.3. The number of benzene rings is 3. The minimum Gasteiger partial charge on any atom is -0.0952 e. The van der Waals surface area contributed by atoms with Crippen molar-refractivity contribution < 1.29 is 0 Å². The molecule has 0 saturated carbocycles. The van der Waals surface area contributed by atoms with Gasteiger partial charge in [0, 0.05) is 0 Å². The average Bonchev–Trinajstić information content (AvgIpc) is 2.66. The van der Waals surface area contributed by atoms with Gasteiger partial charge in [-0.05, 0) is 65.1 Å². The maximum absolute atomic E-state index is 4.46. The molecule has 0 aliphatic rings. The first-order valence-electron chi connectivity index (χ1n) is 9.32. The Balaban J connectivity index is 1.93. The van der Waals surface area contributed by atoms with E-state index in [4.69, 9.17) is 0 Å². The van der Waals surface area contributed by atoms with Crippen LogP contribution >= 0.6 is 0 Å². The first kappa shape index (κ1) is 17.5. The minimum absolute atomic E-state index is 0.167. The molecule has 128 valence electrons. The van der Waals surface area contributed by atoms with Gasteiger partial charge >= 0.3 is 0 Å². The van der Waals surface area contributed by atoms with Gasteiger partial charge in [0.2, 0.25) is 0 Å². The standard InChI is InChI=1S/C25H28/c1-5-25(6-2,24-10-8-7-9-11-24)18-20(4)21-14-15-22-16-19(3)12-13-23(22)17-21/h7-17H,4-6,18H2,1-3H3. The van der Waals surface area contributed by atoms with Crippen LogP contribution in [0.2, 0.25) is 0 Å². The summed E-state index contributed by atoms with van der Waals surface area (Å²) in [6.45, 7) is 11.2. The summed E-state index contributed by atoms with van der Waals surface area (Å²) in [6.07, 6.45) is 3.25. The van der Waals surface area contributed by atoms with Gasteiger partial charge in [0.1, 0.15) is 0 Å². The molecule has 3 aromatic rings. The van der Waals surface area contributed by atoms with Gasteiger partial charge in [0.15, 0.2) is 0 Å². The van der Waals surface area contributed by atoms with Crippen LogP contribution in [-0.2, 0) is 5.41 Å². The molecule has 0 aromatic heterocycles. The molecule has 0 spiro atoms. The van der Waals surface area contributed by atoms with E-state index in [2.05, 4.69) is 94.1 Å². The molecule has 3 aromatic carbocycles. The predicted octanol–water partition coefficient (Wildman–Crippen LogP) is 7.31. The van der Waals surface area contributed by atoms with Gasteiger partial charge in [-0.1, -0.05) is 86.7 Å². The number of allylic oxidation sites excluding steroid dienone is 1. The summed E-state index contributed by atoms with van der Waals surface area (Å²) >= 11 is 0. The van der Waals surface area contributed by atoms with Crippen LogP contribution < -0.4 is 0 Å². The largest absolute Gasteiger partial charge is 0.0952 e. The van der Waals surface area contributed by atoms with Crippen molar-refractivity contribution in [2.24, 2.45) is 0 Å². The summed E-state index contributed by atoms with van der Waals surface area (Å²) in [5, 5.41) is 2.60. The van der Waals surface area contributed by atoms with E-state index in [-0.39, 0.29) is 5.41 Å². The van der Waals surface area contributed by atoms with E-state index in [0.29, 0.717) is 0 Å². The Morgan fingerprint density at radius 2 is 1.48 bits per heavy atom. The quantitative estimate of drug-likeness (QED) is 0.445. The number of rotatable bonds is 6. The fourth-order valence-corrected chi connectivity index (χ4v) is 3.90. The van der Waals surface area contributed by atoms with E-state index in [0.717, 1.165) is 19.3 Å². The molecule has 0 unspecified atom stereocenters. The molecule has 0 aliphatic heterocycles. The van der Waals surface area contributed by atoms with Crippen LogP contribution in [0.15, 0.2) is 73.3 Å². The monoisotopic (exact) mass is 328 g/mol. The van der Waals surface area contributed by atoms with Gasteiger partial charge in [-0.3, -0.25) is 0 Å². The topological polar surface area (TPSA) is 0 Å². The van der Waals surface area contributed by atoms with Crippen molar-refractivity contribution >= 4 is 16.3 Å². The van der Waals surface area contributed by atoms with Crippen LogP contribution in [0.3, 0.4) is 0 Å². The van der Waals surface area contributed by atoms with Crippen LogP contribution in [0, 0.1) is 6.92 Å². The van der Waals surface area contributed by atoms with E-state index in [9.17, 15) is 0 Å². The van der Waals surface area contributed by atoms with E-state index in [1.807, 2.05) is 0 Å². The van der Waals surface area contributed by atoms with Crippen molar-refractivity contribution in [1.82, 2.24) is 0 Å². The smallest absolute Gasteiger partial charge is 0.00119 e. The first-order valence-corrected chi connectivity index (χ1v) is 9.32. The van der Waals surface area contributed by atoms with Crippen LogP contribution in [0.1, 0.15) is 49.8 Å².